The number of aromatic nitrogens is 2. The van der Waals surface area contributed by atoms with E-state index in [1.54, 1.807) is 11.6 Å². The van der Waals surface area contributed by atoms with Crippen LogP contribution in [-0.4, -0.2) is 51.1 Å². The summed E-state index contributed by atoms with van der Waals surface area (Å²) in [5, 5.41) is 2.90. The normalized spacial score (nSPS) is 14.9. The van der Waals surface area contributed by atoms with Crippen molar-refractivity contribution < 1.29 is 4.79 Å². The number of hydrogen-bond donors (Lipinski definition) is 1. The Hall–Kier alpha value is -2.51. The topological polar surface area (TPSA) is 59.3 Å². The Balaban J connectivity index is 1.36. The predicted octanol–water partition coefficient (Wildman–Crippen LogP) is 2.57. The lowest BCUT2D eigenvalue weighted by Gasteiger charge is -2.26. The van der Waals surface area contributed by atoms with Crippen LogP contribution in [0.15, 0.2) is 53.3 Å². The van der Waals surface area contributed by atoms with E-state index in [-0.39, 0.29) is 18.1 Å². The van der Waals surface area contributed by atoms with E-state index in [2.05, 4.69) is 22.3 Å². The van der Waals surface area contributed by atoms with Crippen LogP contribution < -0.4 is 11.0 Å². The average molecular weight is 411 g/mol. The van der Waals surface area contributed by atoms with Crippen LogP contribution in [0.3, 0.4) is 0 Å². The van der Waals surface area contributed by atoms with Gasteiger partial charge in [0.15, 0.2) is 0 Å². The molecule has 0 aliphatic carbocycles. The van der Waals surface area contributed by atoms with E-state index < -0.39 is 0 Å². The summed E-state index contributed by atoms with van der Waals surface area (Å²) in [6, 6.07) is 15.5. The fourth-order valence-corrected chi connectivity index (χ4v) is 4.71. The number of fused-ring (bicyclic) bond motifs is 1. The van der Waals surface area contributed by atoms with Gasteiger partial charge in [-0.05, 0) is 36.2 Å². The second-order valence-corrected chi connectivity index (χ2v) is 8.59. The first-order valence-corrected chi connectivity index (χ1v) is 11.1. The molecule has 1 aliphatic rings. The predicted molar refractivity (Wildman–Crippen MR) is 120 cm³/mol. The summed E-state index contributed by atoms with van der Waals surface area (Å²) in [6.45, 7) is 3.42. The van der Waals surface area contributed by atoms with Crippen molar-refractivity contribution in [2.24, 2.45) is 7.05 Å². The highest BCUT2D eigenvalue weighted by Gasteiger charge is 2.13. The van der Waals surface area contributed by atoms with Crippen molar-refractivity contribution in [3.63, 3.8) is 0 Å². The Bertz CT molecular complexity index is 1050. The molecule has 0 atom stereocenters. The largest absolute Gasteiger partial charge is 0.329 e. The van der Waals surface area contributed by atoms with Crippen molar-refractivity contribution >= 4 is 34.4 Å². The molecule has 0 unspecified atom stereocenters. The first kappa shape index (κ1) is 19.8. The first-order valence-electron chi connectivity index (χ1n) is 9.95. The summed E-state index contributed by atoms with van der Waals surface area (Å²) in [7, 11) is 1.72. The molecule has 0 bridgehead atoms. The maximum atomic E-state index is 12.5. The molecule has 152 valence electrons. The highest BCUT2D eigenvalue weighted by atomic mass is 32.2. The molecule has 2 heterocycles. The van der Waals surface area contributed by atoms with Gasteiger partial charge in [-0.3, -0.25) is 13.9 Å². The van der Waals surface area contributed by atoms with E-state index in [0.29, 0.717) is 0 Å². The number of hydrogen-bond acceptors (Lipinski definition) is 4. The molecular formula is C22H26N4O2S. The second-order valence-electron chi connectivity index (χ2n) is 7.37. The number of rotatable bonds is 6. The third-order valence-corrected chi connectivity index (χ3v) is 6.35. The van der Waals surface area contributed by atoms with Crippen molar-refractivity contribution in [3.8, 4) is 0 Å². The smallest absolute Gasteiger partial charge is 0.325 e. The summed E-state index contributed by atoms with van der Waals surface area (Å²) in [4.78, 5) is 27.5. The van der Waals surface area contributed by atoms with Crippen molar-refractivity contribution in [2.45, 2.75) is 13.0 Å². The monoisotopic (exact) mass is 410 g/mol. The number of para-hydroxylation sites is 2. The Morgan fingerprint density at radius 1 is 1.03 bits per heavy atom. The third kappa shape index (κ3) is 4.57. The molecule has 3 aromatic rings. The number of amides is 1. The molecule has 7 heteroatoms. The van der Waals surface area contributed by atoms with Crippen LogP contribution in [0, 0.1) is 0 Å². The molecule has 1 fully saturated rings. The summed E-state index contributed by atoms with van der Waals surface area (Å²) >= 11 is 2.03. The minimum absolute atomic E-state index is 0.00505. The molecule has 1 amide bonds. The Kier molecular flexibility index (Phi) is 6.06. The zero-order valence-corrected chi connectivity index (χ0v) is 17.5. The van der Waals surface area contributed by atoms with Crippen LogP contribution in [0.1, 0.15) is 5.56 Å². The fourth-order valence-electron chi connectivity index (χ4n) is 3.73. The lowest BCUT2D eigenvalue weighted by Crippen LogP contribution is -2.34. The standard InChI is InChI=1S/C22H26N4O2S/c1-24-19-4-2-3-5-20(19)26(22(24)28)16-21(27)23-18-8-6-17(7-9-18)10-11-25-12-14-29-15-13-25/h2-9H,10-16H2,1H3,(H,23,27). The van der Waals surface area contributed by atoms with Gasteiger partial charge in [-0.1, -0.05) is 24.3 Å². The number of aryl methyl sites for hydroxylation is 1. The lowest BCUT2D eigenvalue weighted by atomic mass is 10.1. The lowest BCUT2D eigenvalue weighted by molar-refractivity contribution is -0.116. The van der Waals surface area contributed by atoms with Gasteiger partial charge >= 0.3 is 5.69 Å². The molecule has 1 saturated heterocycles. The van der Waals surface area contributed by atoms with Crippen LogP contribution in [0.4, 0.5) is 5.69 Å². The molecule has 1 aromatic heterocycles. The molecule has 1 aliphatic heterocycles. The number of nitrogens with zero attached hydrogens (tertiary/aromatic N) is 3. The summed E-state index contributed by atoms with van der Waals surface area (Å²) in [6.07, 6.45) is 1.02. The molecule has 0 saturated carbocycles. The molecule has 0 radical (unpaired) electrons. The Morgan fingerprint density at radius 2 is 1.72 bits per heavy atom. The quantitative estimate of drug-likeness (QED) is 0.679. The number of carbonyl (C=O) groups excluding carboxylic acids is 1. The van der Waals surface area contributed by atoms with E-state index in [0.717, 1.165) is 29.7 Å². The summed E-state index contributed by atoms with van der Waals surface area (Å²) < 4.78 is 3.08. The van der Waals surface area contributed by atoms with Crippen molar-refractivity contribution in [3.05, 3.63) is 64.6 Å². The van der Waals surface area contributed by atoms with Crippen LogP contribution >= 0.6 is 11.8 Å². The van der Waals surface area contributed by atoms with Gasteiger partial charge in [0.1, 0.15) is 6.54 Å². The van der Waals surface area contributed by atoms with Gasteiger partial charge in [-0.25, -0.2) is 4.79 Å². The number of nitrogens with one attached hydrogen (secondary N) is 1. The Labute approximate surface area is 174 Å². The van der Waals surface area contributed by atoms with Gasteiger partial charge in [0.2, 0.25) is 5.91 Å². The number of benzene rings is 2. The highest BCUT2D eigenvalue weighted by Crippen LogP contribution is 2.14. The van der Waals surface area contributed by atoms with E-state index >= 15 is 0 Å². The molecule has 2 aromatic carbocycles. The third-order valence-electron chi connectivity index (χ3n) is 5.41. The van der Waals surface area contributed by atoms with Gasteiger partial charge in [0, 0.05) is 43.9 Å². The molecular weight excluding hydrogens is 384 g/mol. The molecule has 4 rings (SSSR count). The summed E-state index contributed by atoms with van der Waals surface area (Å²) in [5.41, 5.74) is 3.42. The van der Waals surface area contributed by atoms with E-state index in [1.807, 2.05) is 48.2 Å². The van der Waals surface area contributed by atoms with Gasteiger partial charge in [-0.15, -0.1) is 0 Å². The average Bonchev–Trinajstić information content (AvgIpc) is 2.99. The molecule has 0 spiro atoms. The SMILES string of the molecule is Cn1c(=O)n(CC(=O)Nc2ccc(CCN3CCSCC3)cc2)c2ccccc21. The number of imidazole rings is 1. The first-order chi connectivity index (χ1) is 14.1. The van der Waals surface area contributed by atoms with Crippen molar-refractivity contribution in [1.29, 1.82) is 0 Å². The van der Waals surface area contributed by atoms with Gasteiger partial charge in [-0.2, -0.15) is 11.8 Å². The zero-order valence-electron chi connectivity index (χ0n) is 16.6. The van der Waals surface area contributed by atoms with E-state index in [4.69, 9.17) is 0 Å². The van der Waals surface area contributed by atoms with Gasteiger partial charge in [0.05, 0.1) is 11.0 Å². The van der Waals surface area contributed by atoms with E-state index in [9.17, 15) is 9.59 Å². The molecule has 29 heavy (non-hydrogen) atoms. The van der Waals surface area contributed by atoms with Crippen molar-refractivity contribution in [1.82, 2.24) is 14.0 Å². The maximum Gasteiger partial charge on any atom is 0.329 e. The molecule has 1 N–H and O–H groups in total. The van der Waals surface area contributed by atoms with Gasteiger partial charge in [0.25, 0.3) is 0 Å². The molecule has 6 nitrogen and oxygen atoms in total. The highest BCUT2D eigenvalue weighted by molar-refractivity contribution is 7.99. The maximum absolute atomic E-state index is 12.5. The second kappa shape index (κ2) is 8.88. The minimum Gasteiger partial charge on any atom is -0.325 e. The van der Waals surface area contributed by atoms with Crippen LogP contribution in [0.2, 0.25) is 0 Å². The number of thioether (sulfide) groups is 1. The summed E-state index contributed by atoms with van der Waals surface area (Å²) in [5.74, 6) is 2.25. The number of carbonyl (C=O) groups is 1. The minimum atomic E-state index is -0.206. The van der Waals surface area contributed by atoms with Crippen LogP contribution in [0.5, 0.6) is 0 Å². The van der Waals surface area contributed by atoms with Gasteiger partial charge < -0.3 is 10.2 Å². The van der Waals surface area contributed by atoms with Crippen LogP contribution in [0.25, 0.3) is 11.0 Å². The zero-order chi connectivity index (χ0) is 20.2. The Morgan fingerprint density at radius 3 is 2.45 bits per heavy atom. The van der Waals surface area contributed by atoms with Crippen molar-refractivity contribution in [2.75, 3.05) is 36.5 Å². The van der Waals surface area contributed by atoms with E-state index in [1.165, 1.54) is 34.7 Å². The number of anilines is 1. The fraction of sp³-hybridized carbons (Fsp3) is 0.364. The van der Waals surface area contributed by atoms with Crippen LogP contribution in [-0.2, 0) is 24.8 Å².